The topological polar surface area (TPSA) is 49.3 Å². The fourth-order valence-electron chi connectivity index (χ4n) is 1.90. The van der Waals surface area contributed by atoms with E-state index in [0.29, 0.717) is 11.6 Å². The number of carboxylic acids is 1. The lowest BCUT2D eigenvalue weighted by Crippen LogP contribution is -2.07. The Kier molecular flexibility index (Phi) is 5.26. The van der Waals surface area contributed by atoms with Crippen LogP contribution in [-0.2, 0) is 11.3 Å². The van der Waals surface area contributed by atoms with E-state index in [0.717, 1.165) is 21.3 Å². The molecule has 21 heavy (non-hydrogen) atoms. The van der Waals surface area contributed by atoms with Crippen LogP contribution >= 0.6 is 27.5 Å². The fraction of sp³-hybridized carbons (Fsp3) is 0.188. The molecule has 0 bridgehead atoms. The SMILES string of the molecule is CC(C(=O)O)c1ccc(CNc2ccc(Br)cc2Cl)cc1. The van der Waals surface area contributed by atoms with Gasteiger partial charge in [-0.3, -0.25) is 4.79 Å². The molecule has 0 saturated carbocycles. The predicted octanol–water partition coefficient (Wildman–Crippen LogP) is 4.90. The van der Waals surface area contributed by atoms with E-state index in [1.807, 2.05) is 42.5 Å². The Labute approximate surface area is 137 Å². The van der Waals surface area contributed by atoms with Crippen molar-refractivity contribution in [2.75, 3.05) is 5.32 Å². The molecule has 1 unspecified atom stereocenters. The number of carboxylic acid groups (broad SMARTS) is 1. The van der Waals surface area contributed by atoms with Crippen LogP contribution in [0.15, 0.2) is 46.9 Å². The molecule has 0 fully saturated rings. The van der Waals surface area contributed by atoms with Crippen LogP contribution in [0, 0.1) is 0 Å². The second-order valence-electron chi connectivity index (χ2n) is 4.78. The Hall–Kier alpha value is -1.52. The van der Waals surface area contributed by atoms with E-state index in [-0.39, 0.29) is 0 Å². The Morgan fingerprint density at radius 1 is 1.29 bits per heavy atom. The lowest BCUT2D eigenvalue weighted by Gasteiger charge is -2.10. The molecular weight excluding hydrogens is 354 g/mol. The van der Waals surface area contributed by atoms with Crippen molar-refractivity contribution in [3.05, 3.63) is 63.1 Å². The molecule has 1 atom stereocenters. The van der Waals surface area contributed by atoms with E-state index < -0.39 is 11.9 Å². The van der Waals surface area contributed by atoms with Crippen molar-refractivity contribution in [1.82, 2.24) is 0 Å². The molecule has 0 heterocycles. The zero-order chi connectivity index (χ0) is 15.4. The van der Waals surface area contributed by atoms with Crippen LogP contribution in [0.3, 0.4) is 0 Å². The van der Waals surface area contributed by atoms with Crippen LogP contribution in [-0.4, -0.2) is 11.1 Å². The lowest BCUT2D eigenvalue weighted by molar-refractivity contribution is -0.138. The van der Waals surface area contributed by atoms with Crippen molar-refractivity contribution in [1.29, 1.82) is 0 Å². The first-order chi connectivity index (χ1) is 9.97. The molecule has 2 aromatic rings. The molecule has 0 aromatic heterocycles. The van der Waals surface area contributed by atoms with Gasteiger partial charge in [-0.05, 0) is 36.2 Å². The third-order valence-electron chi connectivity index (χ3n) is 3.26. The van der Waals surface area contributed by atoms with Gasteiger partial charge < -0.3 is 10.4 Å². The highest BCUT2D eigenvalue weighted by Gasteiger charge is 2.12. The zero-order valence-electron chi connectivity index (χ0n) is 11.4. The largest absolute Gasteiger partial charge is 0.481 e. The summed E-state index contributed by atoms with van der Waals surface area (Å²) in [7, 11) is 0. The van der Waals surface area contributed by atoms with Crippen LogP contribution in [0.2, 0.25) is 5.02 Å². The molecule has 3 nitrogen and oxygen atoms in total. The van der Waals surface area contributed by atoms with Crippen LogP contribution in [0.1, 0.15) is 24.0 Å². The maximum absolute atomic E-state index is 10.9. The summed E-state index contributed by atoms with van der Waals surface area (Å²) in [6, 6.07) is 13.2. The van der Waals surface area contributed by atoms with Gasteiger partial charge >= 0.3 is 5.97 Å². The third kappa shape index (κ3) is 4.22. The average molecular weight is 369 g/mol. The molecule has 0 spiro atoms. The van der Waals surface area contributed by atoms with Gasteiger partial charge in [0, 0.05) is 11.0 Å². The van der Waals surface area contributed by atoms with E-state index in [1.54, 1.807) is 6.92 Å². The van der Waals surface area contributed by atoms with Crippen molar-refractivity contribution < 1.29 is 9.90 Å². The Morgan fingerprint density at radius 3 is 2.52 bits per heavy atom. The number of aliphatic carboxylic acids is 1. The summed E-state index contributed by atoms with van der Waals surface area (Å²) < 4.78 is 0.935. The summed E-state index contributed by atoms with van der Waals surface area (Å²) in [5, 5.41) is 12.9. The minimum Gasteiger partial charge on any atom is -0.481 e. The van der Waals surface area contributed by atoms with Crippen molar-refractivity contribution >= 4 is 39.2 Å². The van der Waals surface area contributed by atoms with Crippen molar-refractivity contribution in [2.45, 2.75) is 19.4 Å². The van der Waals surface area contributed by atoms with Gasteiger partial charge in [0.15, 0.2) is 0 Å². The van der Waals surface area contributed by atoms with Crippen molar-refractivity contribution in [3.63, 3.8) is 0 Å². The second kappa shape index (κ2) is 6.96. The molecule has 0 saturated heterocycles. The predicted molar refractivity (Wildman–Crippen MR) is 89.0 cm³/mol. The van der Waals surface area contributed by atoms with Gasteiger partial charge in [-0.1, -0.05) is 51.8 Å². The maximum Gasteiger partial charge on any atom is 0.310 e. The van der Waals surface area contributed by atoms with Gasteiger partial charge in [-0.15, -0.1) is 0 Å². The van der Waals surface area contributed by atoms with E-state index in [9.17, 15) is 4.79 Å². The minimum absolute atomic E-state index is 0.493. The third-order valence-corrected chi connectivity index (χ3v) is 4.07. The molecule has 110 valence electrons. The van der Waals surface area contributed by atoms with Crippen molar-refractivity contribution in [2.24, 2.45) is 0 Å². The molecule has 0 aliphatic heterocycles. The van der Waals surface area contributed by atoms with Crippen LogP contribution in [0.4, 0.5) is 5.69 Å². The number of carbonyl (C=O) groups is 1. The molecule has 0 aliphatic rings. The fourth-order valence-corrected chi connectivity index (χ4v) is 2.64. The number of benzene rings is 2. The molecular formula is C16H15BrClNO2. The van der Waals surface area contributed by atoms with Crippen LogP contribution < -0.4 is 5.32 Å². The summed E-state index contributed by atoms with van der Waals surface area (Å²) in [5.74, 6) is -1.31. The number of halogens is 2. The molecule has 0 radical (unpaired) electrons. The highest BCUT2D eigenvalue weighted by molar-refractivity contribution is 9.10. The molecule has 2 rings (SSSR count). The van der Waals surface area contributed by atoms with E-state index in [2.05, 4.69) is 21.2 Å². The summed E-state index contributed by atoms with van der Waals surface area (Å²) in [4.78, 5) is 10.9. The van der Waals surface area contributed by atoms with Gasteiger partial charge in [0.1, 0.15) is 0 Å². The standard InChI is InChI=1S/C16H15BrClNO2/c1-10(16(20)21)12-4-2-11(3-5-12)9-19-15-7-6-13(17)8-14(15)18/h2-8,10,19H,9H2,1H3,(H,20,21). The van der Waals surface area contributed by atoms with E-state index in [1.165, 1.54) is 0 Å². The van der Waals surface area contributed by atoms with Gasteiger partial charge in [0.05, 0.1) is 16.6 Å². The highest BCUT2D eigenvalue weighted by Crippen LogP contribution is 2.26. The molecule has 0 amide bonds. The van der Waals surface area contributed by atoms with Crippen LogP contribution in [0.25, 0.3) is 0 Å². The first-order valence-electron chi connectivity index (χ1n) is 6.48. The first-order valence-corrected chi connectivity index (χ1v) is 7.65. The smallest absolute Gasteiger partial charge is 0.310 e. The molecule has 2 N–H and O–H groups in total. The molecule has 5 heteroatoms. The Balaban J connectivity index is 2.02. The summed E-state index contributed by atoms with van der Waals surface area (Å²) in [6.07, 6.45) is 0. The molecule has 2 aromatic carbocycles. The van der Waals surface area contributed by atoms with Gasteiger partial charge in [-0.2, -0.15) is 0 Å². The molecule has 0 aliphatic carbocycles. The number of hydrogen-bond acceptors (Lipinski definition) is 2. The quantitative estimate of drug-likeness (QED) is 0.789. The lowest BCUT2D eigenvalue weighted by atomic mass is 10.00. The average Bonchev–Trinajstić information content (AvgIpc) is 2.46. The van der Waals surface area contributed by atoms with E-state index in [4.69, 9.17) is 16.7 Å². The number of anilines is 1. The van der Waals surface area contributed by atoms with Crippen LogP contribution in [0.5, 0.6) is 0 Å². The first kappa shape index (κ1) is 15.9. The normalized spacial score (nSPS) is 12.0. The zero-order valence-corrected chi connectivity index (χ0v) is 13.8. The highest BCUT2D eigenvalue weighted by atomic mass is 79.9. The van der Waals surface area contributed by atoms with Gasteiger partial charge in [0.25, 0.3) is 0 Å². The Bertz CT molecular complexity index is 643. The number of hydrogen-bond donors (Lipinski definition) is 2. The monoisotopic (exact) mass is 367 g/mol. The van der Waals surface area contributed by atoms with Gasteiger partial charge in [-0.25, -0.2) is 0 Å². The maximum atomic E-state index is 10.9. The van der Waals surface area contributed by atoms with Crippen molar-refractivity contribution in [3.8, 4) is 0 Å². The summed E-state index contributed by atoms with van der Waals surface area (Å²) in [5.41, 5.74) is 2.73. The minimum atomic E-state index is -0.817. The number of nitrogens with one attached hydrogen (secondary N) is 1. The second-order valence-corrected chi connectivity index (χ2v) is 6.10. The van der Waals surface area contributed by atoms with E-state index >= 15 is 0 Å². The summed E-state index contributed by atoms with van der Waals surface area (Å²) >= 11 is 9.50. The number of rotatable bonds is 5. The van der Waals surface area contributed by atoms with Gasteiger partial charge in [0.2, 0.25) is 0 Å². The summed E-state index contributed by atoms with van der Waals surface area (Å²) in [6.45, 7) is 2.31. The Morgan fingerprint density at radius 2 is 1.95 bits per heavy atom.